The number of nitrogens with two attached hydrogens (primary N) is 1. The molecule has 0 aromatic heterocycles. The minimum Gasteiger partial charge on any atom is -0.506 e. The summed E-state index contributed by atoms with van der Waals surface area (Å²) in [6.07, 6.45) is 0. The SMILES string of the molecule is CC(=O)C1=C(O)C(=C(C)Nc2ccc(O)c(N)c2)C(=O)OC1=O.Cl. The van der Waals surface area contributed by atoms with Gasteiger partial charge in [-0.05, 0) is 32.0 Å². The van der Waals surface area contributed by atoms with Crippen molar-refractivity contribution >= 4 is 41.5 Å². The van der Waals surface area contributed by atoms with Crippen LogP contribution < -0.4 is 11.1 Å². The topological polar surface area (TPSA) is 139 Å². The average Bonchev–Trinajstić information content (AvgIpc) is 2.41. The van der Waals surface area contributed by atoms with Gasteiger partial charge in [0.05, 0.1) is 5.69 Å². The lowest BCUT2D eigenvalue weighted by molar-refractivity contribution is -0.155. The van der Waals surface area contributed by atoms with E-state index in [2.05, 4.69) is 10.1 Å². The maximum absolute atomic E-state index is 11.8. The molecule has 0 fully saturated rings. The highest BCUT2D eigenvalue weighted by Crippen LogP contribution is 2.28. The number of phenols is 1. The zero-order valence-electron chi connectivity index (χ0n) is 12.7. The van der Waals surface area contributed by atoms with Gasteiger partial charge in [0.1, 0.15) is 22.7 Å². The standard InChI is InChI=1S/C15H14N2O6.ClH/c1-6(17-8-3-4-10(19)9(16)5-8)11-13(20)12(7(2)18)15(22)23-14(11)21;/h3-5,17,19-20H,16H2,1-2H3;1H. The van der Waals surface area contributed by atoms with E-state index in [1.165, 1.54) is 25.1 Å². The number of Topliss-reactive ketones (excluding diaryl/α,β-unsaturated/α-hetero) is 1. The number of esters is 2. The molecule has 1 aliphatic rings. The van der Waals surface area contributed by atoms with Crippen LogP contribution in [0.25, 0.3) is 0 Å². The van der Waals surface area contributed by atoms with E-state index in [9.17, 15) is 24.6 Å². The Labute approximate surface area is 143 Å². The largest absolute Gasteiger partial charge is 0.506 e. The van der Waals surface area contributed by atoms with E-state index in [0.717, 1.165) is 6.92 Å². The first-order chi connectivity index (χ1) is 10.7. The second-order valence-corrected chi connectivity index (χ2v) is 4.86. The molecule has 0 radical (unpaired) electrons. The summed E-state index contributed by atoms with van der Waals surface area (Å²) < 4.78 is 4.47. The molecule has 2 rings (SSSR count). The Bertz CT molecular complexity index is 797. The van der Waals surface area contributed by atoms with Crippen molar-refractivity contribution < 1.29 is 29.3 Å². The van der Waals surface area contributed by atoms with Gasteiger partial charge in [0.25, 0.3) is 0 Å². The number of rotatable bonds is 3. The molecule has 128 valence electrons. The maximum atomic E-state index is 11.8. The molecule has 1 aliphatic heterocycles. The van der Waals surface area contributed by atoms with E-state index < -0.39 is 29.1 Å². The smallest absolute Gasteiger partial charge is 0.353 e. The van der Waals surface area contributed by atoms with Crippen molar-refractivity contribution in [3.63, 3.8) is 0 Å². The molecule has 0 aliphatic carbocycles. The third kappa shape index (κ3) is 3.49. The molecular formula is C15H15ClN2O6. The Morgan fingerprint density at radius 2 is 1.79 bits per heavy atom. The minimum atomic E-state index is -1.19. The van der Waals surface area contributed by atoms with Crippen LogP contribution in [0, 0.1) is 0 Å². The van der Waals surface area contributed by atoms with Gasteiger partial charge >= 0.3 is 11.9 Å². The van der Waals surface area contributed by atoms with Crippen molar-refractivity contribution in [3.05, 3.63) is 40.8 Å². The van der Waals surface area contributed by atoms with Gasteiger partial charge in [0, 0.05) is 11.4 Å². The van der Waals surface area contributed by atoms with Crippen LogP contribution in [0.1, 0.15) is 13.8 Å². The lowest BCUT2D eigenvalue weighted by Crippen LogP contribution is -2.29. The van der Waals surface area contributed by atoms with Crippen molar-refractivity contribution in [1.29, 1.82) is 0 Å². The lowest BCUT2D eigenvalue weighted by atomic mass is 10.0. The summed E-state index contributed by atoms with van der Waals surface area (Å²) in [6, 6.07) is 4.24. The van der Waals surface area contributed by atoms with Crippen molar-refractivity contribution in [2.75, 3.05) is 11.1 Å². The first-order valence-corrected chi connectivity index (χ1v) is 6.49. The number of allylic oxidation sites excluding steroid dienone is 1. The highest BCUT2D eigenvalue weighted by atomic mass is 35.5. The molecule has 0 amide bonds. The molecule has 5 N–H and O–H groups in total. The molecule has 0 spiro atoms. The summed E-state index contributed by atoms with van der Waals surface area (Å²) >= 11 is 0. The number of ketones is 1. The number of nitrogens with one attached hydrogen (secondary N) is 1. The maximum Gasteiger partial charge on any atom is 0.353 e. The highest BCUT2D eigenvalue weighted by Gasteiger charge is 2.36. The number of ether oxygens (including phenoxy) is 1. The predicted octanol–water partition coefficient (Wildman–Crippen LogP) is 1.57. The zero-order chi connectivity index (χ0) is 17.3. The second-order valence-electron chi connectivity index (χ2n) is 4.86. The van der Waals surface area contributed by atoms with Gasteiger partial charge in [-0.2, -0.15) is 0 Å². The molecule has 0 saturated carbocycles. The number of hydrogen-bond donors (Lipinski definition) is 4. The van der Waals surface area contributed by atoms with E-state index in [-0.39, 0.29) is 35.1 Å². The van der Waals surface area contributed by atoms with E-state index in [1.54, 1.807) is 0 Å². The Morgan fingerprint density at radius 3 is 2.33 bits per heavy atom. The Hall–Kier alpha value is -3.00. The molecule has 9 heteroatoms. The molecule has 0 unspecified atom stereocenters. The fourth-order valence-corrected chi connectivity index (χ4v) is 2.06. The van der Waals surface area contributed by atoms with Crippen LogP contribution in [-0.4, -0.2) is 27.9 Å². The molecule has 0 atom stereocenters. The molecular weight excluding hydrogens is 340 g/mol. The molecule has 24 heavy (non-hydrogen) atoms. The number of phenolic OH excluding ortho intramolecular Hbond substituents is 1. The summed E-state index contributed by atoms with van der Waals surface area (Å²) in [5, 5.41) is 22.2. The monoisotopic (exact) mass is 354 g/mol. The van der Waals surface area contributed by atoms with E-state index in [1.807, 2.05) is 0 Å². The molecule has 8 nitrogen and oxygen atoms in total. The Kier molecular flexibility index (Phi) is 5.60. The molecule has 1 aromatic rings. The summed E-state index contributed by atoms with van der Waals surface area (Å²) in [5.74, 6) is -3.83. The van der Waals surface area contributed by atoms with Crippen molar-refractivity contribution in [1.82, 2.24) is 0 Å². The number of carbonyl (C=O) groups excluding carboxylic acids is 3. The van der Waals surface area contributed by atoms with Crippen LogP contribution >= 0.6 is 12.4 Å². The molecule has 0 bridgehead atoms. The Balaban J connectivity index is 0.00000288. The van der Waals surface area contributed by atoms with E-state index in [0.29, 0.717) is 5.69 Å². The summed E-state index contributed by atoms with van der Waals surface area (Å²) in [5.41, 5.74) is 5.32. The summed E-state index contributed by atoms with van der Waals surface area (Å²) in [4.78, 5) is 34.7. The predicted molar refractivity (Wildman–Crippen MR) is 87.5 cm³/mol. The quantitative estimate of drug-likeness (QED) is 0.122. The molecule has 1 heterocycles. The fraction of sp³-hybridized carbons (Fsp3) is 0.133. The zero-order valence-corrected chi connectivity index (χ0v) is 13.6. The average molecular weight is 355 g/mol. The third-order valence-corrected chi connectivity index (χ3v) is 3.15. The van der Waals surface area contributed by atoms with Gasteiger partial charge in [-0.15, -0.1) is 12.4 Å². The van der Waals surface area contributed by atoms with Gasteiger partial charge in [-0.3, -0.25) is 4.79 Å². The number of halogens is 1. The second kappa shape index (κ2) is 7.05. The number of benzene rings is 1. The normalized spacial score (nSPS) is 16.2. The van der Waals surface area contributed by atoms with Crippen LogP contribution in [0.15, 0.2) is 40.8 Å². The number of carbonyl (C=O) groups is 3. The van der Waals surface area contributed by atoms with Crippen LogP contribution in [0.4, 0.5) is 11.4 Å². The first-order valence-electron chi connectivity index (χ1n) is 6.49. The van der Waals surface area contributed by atoms with Gasteiger partial charge in [0.2, 0.25) is 0 Å². The number of cyclic esters (lactones) is 2. The van der Waals surface area contributed by atoms with Gasteiger partial charge in [-0.1, -0.05) is 0 Å². The number of hydrogen-bond acceptors (Lipinski definition) is 8. The number of anilines is 2. The van der Waals surface area contributed by atoms with Crippen molar-refractivity contribution in [2.24, 2.45) is 0 Å². The number of aromatic hydroxyl groups is 1. The third-order valence-electron chi connectivity index (χ3n) is 3.15. The van der Waals surface area contributed by atoms with Gasteiger partial charge in [0.15, 0.2) is 5.78 Å². The van der Waals surface area contributed by atoms with E-state index >= 15 is 0 Å². The molecule has 1 aromatic carbocycles. The van der Waals surface area contributed by atoms with Crippen molar-refractivity contribution in [3.8, 4) is 5.75 Å². The molecule has 0 saturated heterocycles. The lowest BCUT2D eigenvalue weighted by Gasteiger charge is -2.18. The summed E-state index contributed by atoms with van der Waals surface area (Å²) in [7, 11) is 0. The fourth-order valence-electron chi connectivity index (χ4n) is 2.06. The van der Waals surface area contributed by atoms with Crippen molar-refractivity contribution in [2.45, 2.75) is 13.8 Å². The van der Waals surface area contributed by atoms with Gasteiger partial charge < -0.3 is 26.0 Å². The van der Waals surface area contributed by atoms with Crippen LogP contribution in [0.3, 0.4) is 0 Å². The first kappa shape index (κ1) is 19.0. The van der Waals surface area contributed by atoms with Crippen LogP contribution in [0.2, 0.25) is 0 Å². The Morgan fingerprint density at radius 1 is 1.17 bits per heavy atom. The van der Waals surface area contributed by atoms with E-state index in [4.69, 9.17) is 5.73 Å². The number of aliphatic hydroxyl groups excluding tert-OH is 1. The minimum absolute atomic E-state index is 0. The highest BCUT2D eigenvalue weighted by molar-refractivity contribution is 6.23. The van der Waals surface area contributed by atoms with Crippen LogP contribution in [-0.2, 0) is 19.1 Å². The number of aliphatic hydroxyl groups is 1. The van der Waals surface area contributed by atoms with Crippen LogP contribution in [0.5, 0.6) is 5.75 Å². The number of nitrogen functional groups attached to an aromatic ring is 1. The summed E-state index contributed by atoms with van der Waals surface area (Å²) in [6.45, 7) is 2.52. The van der Waals surface area contributed by atoms with Gasteiger partial charge in [-0.25, -0.2) is 9.59 Å².